The number of aryl methyl sites for hydroxylation is 2. The number of hydrogen-bond acceptors (Lipinski definition) is 2. The van der Waals surface area contributed by atoms with Gasteiger partial charge in [0.2, 0.25) is 0 Å². The third-order valence-electron chi connectivity index (χ3n) is 2.38. The Hall–Kier alpha value is -0.940. The molecule has 0 saturated heterocycles. The van der Waals surface area contributed by atoms with E-state index >= 15 is 0 Å². The molecule has 0 amide bonds. The predicted octanol–water partition coefficient (Wildman–Crippen LogP) is 3.26. The molecule has 0 aliphatic heterocycles. The molecule has 0 N–H and O–H groups in total. The second kappa shape index (κ2) is 5.14. The second-order valence-corrected chi connectivity index (χ2v) is 4.88. The monoisotopic (exact) mass is 317 g/mol. The Balaban J connectivity index is 2.41. The Morgan fingerprint density at radius 3 is 2.94 bits per heavy atom. The molecule has 0 aliphatic carbocycles. The van der Waals surface area contributed by atoms with Crippen LogP contribution in [0.2, 0.25) is 0 Å². The van der Waals surface area contributed by atoms with Crippen LogP contribution in [-0.4, -0.2) is 20.9 Å². The number of aromatic nitrogens is 3. The molecule has 17 heavy (non-hydrogen) atoms. The van der Waals surface area contributed by atoms with Crippen LogP contribution in [-0.2, 0) is 6.42 Å². The van der Waals surface area contributed by atoms with E-state index < -0.39 is 0 Å². The molecule has 0 fully saturated rings. The van der Waals surface area contributed by atoms with Crippen LogP contribution >= 0.6 is 27.5 Å². The summed E-state index contributed by atoms with van der Waals surface area (Å²) in [7, 11) is 0. The lowest BCUT2D eigenvalue weighted by atomic mass is 10.2. The first-order chi connectivity index (χ1) is 8.11. The first kappa shape index (κ1) is 12.5. The molecule has 0 atom stereocenters. The van der Waals surface area contributed by atoms with Crippen LogP contribution in [0.5, 0.6) is 0 Å². The molecule has 0 saturated carbocycles. The molecule has 1 aromatic carbocycles. The summed E-state index contributed by atoms with van der Waals surface area (Å²) in [5.74, 6) is 0.220. The summed E-state index contributed by atoms with van der Waals surface area (Å²) in [4.78, 5) is 0. The number of rotatable bonds is 3. The van der Waals surface area contributed by atoms with E-state index in [9.17, 15) is 4.39 Å². The van der Waals surface area contributed by atoms with E-state index in [4.69, 9.17) is 11.6 Å². The van der Waals surface area contributed by atoms with E-state index in [1.165, 1.54) is 6.07 Å². The van der Waals surface area contributed by atoms with Crippen LogP contribution in [0.1, 0.15) is 11.3 Å². The van der Waals surface area contributed by atoms with Gasteiger partial charge in [0.15, 0.2) is 0 Å². The minimum absolute atomic E-state index is 0.285. The molecule has 3 nitrogen and oxygen atoms in total. The highest BCUT2D eigenvalue weighted by Gasteiger charge is 2.09. The van der Waals surface area contributed by atoms with Gasteiger partial charge in [-0.05, 0) is 40.5 Å². The van der Waals surface area contributed by atoms with E-state index in [0.717, 1.165) is 16.9 Å². The Morgan fingerprint density at radius 1 is 1.47 bits per heavy atom. The molecule has 2 rings (SSSR count). The maximum Gasteiger partial charge on any atom is 0.137 e. The van der Waals surface area contributed by atoms with Crippen molar-refractivity contribution in [1.29, 1.82) is 0 Å². The zero-order valence-corrected chi connectivity index (χ0v) is 11.5. The van der Waals surface area contributed by atoms with Crippen LogP contribution in [0.4, 0.5) is 4.39 Å². The van der Waals surface area contributed by atoms with Crippen molar-refractivity contribution in [3.05, 3.63) is 39.9 Å². The average molecular weight is 319 g/mol. The molecule has 2 aromatic rings. The molecule has 0 bridgehead atoms. The van der Waals surface area contributed by atoms with Crippen molar-refractivity contribution in [3.63, 3.8) is 0 Å². The summed E-state index contributed by atoms with van der Waals surface area (Å²) >= 11 is 8.79. The van der Waals surface area contributed by atoms with Gasteiger partial charge in [0, 0.05) is 12.3 Å². The number of benzene rings is 1. The average Bonchev–Trinajstić information content (AvgIpc) is 2.72. The highest BCUT2D eigenvalue weighted by Crippen LogP contribution is 2.22. The van der Waals surface area contributed by atoms with Gasteiger partial charge in [-0.25, -0.2) is 9.07 Å². The highest BCUT2D eigenvalue weighted by atomic mass is 79.9. The van der Waals surface area contributed by atoms with E-state index in [1.54, 1.807) is 16.9 Å². The molecule has 1 heterocycles. The molecular formula is C11H10BrClFN3. The van der Waals surface area contributed by atoms with Crippen molar-refractivity contribution in [2.24, 2.45) is 0 Å². The Labute approximate surface area is 112 Å². The van der Waals surface area contributed by atoms with Crippen molar-refractivity contribution in [2.75, 3.05) is 5.88 Å². The molecule has 0 radical (unpaired) electrons. The molecular weight excluding hydrogens is 308 g/mol. The maximum absolute atomic E-state index is 13.3. The summed E-state index contributed by atoms with van der Waals surface area (Å²) in [6.07, 6.45) is 2.47. The second-order valence-electron chi connectivity index (χ2n) is 3.65. The molecule has 6 heteroatoms. The van der Waals surface area contributed by atoms with E-state index in [0.29, 0.717) is 16.8 Å². The van der Waals surface area contributed by atoms with Crippen molar-refractivity contribution in [2.45, 2.75) is 13.3 Å². The lowest BCUT2D eigenvalue weighted by Crippen LogP contribution is -1.99. The van der Waals surface area contributed by atoms with Crippen LogP contribution in [0.15, 0.2) is 22.8 Å². The fourth-order valence-corrected chi connectivity index (χ4v) is 2.04. The number of nitrogens with zero attached hydrogens (tertiary/aromatic N) is 3. The first-order valence-corrected chi connectivity index (χ1v) is 6.38. The Bertz CT molecular complexity index is 542. The SMILES string of the molecule is Cc1cc(F)c(Br)cc1-n1cc(CCCl)nn1. The van der Waals surface area contributed by atoms with Crippen molar-refractivity contribution >= 4 is 27.5 Å². The first-order valence-electron chi connectivity index (χ1n) is 5.05. The van der Waals surface area contributed by atoms with Crippen LogP contribution < -0.4 is 0 Å². The Kier molecular flexibility index (Phi) is 3.79. The fourth-order valence-electron chi connectivity index (χ4n) is 1.51. The van der Waals surface area contributed by atoms with E-state index in [2.05, 4.69) is 26.2 Å². The summed E-state index contributed by atoms with van der Waals surface area (Å²) in [5.41, 5.74) is 2.42. The van der Waals surface area contributed by atoms with Crippen molar-refractivity contribution < 1.29 is 4.39 Å². The van der Waals surface area contributed by atoms with Crippen LogP contribution in [0, 0.1) is 12.7 Å². The van der Waals surface area contributed by atoms with Gasteiger partial charge < -0.3 is 0 Å². The fraction of sp³-hybridized carbons (Fsp3) is 0.273. The normalized spacial score (nSPS) is 10.8. The van der Waals surface area contributed by atoms with E-state index in [1.807, 2.05) is 6.92 Å². The minimum Gasteiger partial charge on any atom is -0.220 e. The summed E-state index contributed by atoms with van der Waals surface area (Å²) < 4.78 is 15.3. The van der Waals surface area contributed by atoms with Gasteiger partial charge in [-0.3, -0.25) is 0 Å². The van der Waals surface area contributed by atoms with Gasteiger partial charge in [-0.2, -0.15) is 0 Å². The predicted molar refractivity (Wildman–Crippen MR) is 68.2 cm³/mol. The zero-order chi connectivity index (χ0) is 12.4. The largest absolute Gasteiger partial charge is 0.220 e. The lowest BCUT2D eigenvalue weighted by Gasteiger charge is -2.06. The van der Waals surface area contributed by atoms with Gasteiger partial charge >= 0.3 is 0 Å². The van der Waals surface area contributed by atoms with Crippen LogP contribution in [0.3, 0.4) is 0 Å². The number of halogens is 3. The number of hydrogen-bond donors (Lipinski definition) is 0. The topological polar surface area (TPSA) is 30.7 Å². The molecule has 0 unspecified atom stereocenters. The van der Waals surface area contributed by atoms with Gasteiger partial charge in [-0.1, -0.05) is 5.21 Å². The summed E-state index contributed by atoms with van der Waals surface area (Å²) in [5, 5.41) is 8.00. The molecule has 0 aliphatic rings. The van der Waals surface area contributed by atoms with Crippen molar-refractivity contribution in [3.8, 4) is 5.69 Å². The summed E-state index contributed by atoms with van der Waals surface area (Å²) in [6.45, 7) is 1.83. The van der Waals surface area contributed by atoms with Gasteiger partial charge in [-0.15, -0.1) is 16.7 Å². The zero-order valence-electron chi connectivity index (χ0n) is 9.12. The lowest BCUT2D eigenvalue weighted by molar-refractivity contribution is 0.618. The summed E-state index contributed by atoms with van der Waals surface area (Å²) in [6, 6.07) is 3.14. The Morgan fingerprint density at radius 2 is 2.24 bits per heavy atom. The highest BCUT2D eigenvalue weighted by molar-refractivity contribution is 9.10. The van der Waals surface area contributed by atoms with Crippen molar-refractivity contribution in [1.82, 2.24) is 15.0 Å². The quantitative estimate of drug-likeness (QED) is 0.813. The van der Waals surface area contributed by atoms with E-state index in [-0.39, 0.29) is 5.82 Å². The third-order valence-corrected chi connectivity index (χ3v) is 3.17. The third kappa shape index (κ3) is 2.66. The number of alkyl halides is 1. The van der Waals surface area contributed by atoms with Gasteiger partial charge in [0.25, 0.3) is 0 Å². The molecule has 90 valence electrons. The minimum atomic E-state index is -0.285. The maximum atomic E-state index is 13.3. The van der Waals surface area contributed by atoms with Gasteiger partial charge in [0.1, 0.15) is 5.82 Å². The molecule has 0 spiro atoms. The van der Waals surface area contributed by atoms with Crippen LogP contribution in [0.25, 0.3) is 5.69 Å². The van der Waals surface area contributed by atoms with Gasteiger partial charge in [0.05, 0.1) is 22.1 Å². The standard InChI is InChI=1S/C11H10BrClFN3/c1-7-4-10(14)9(12)5-11(7)17-6-8(2-3-13)15-16-17/h4-6H,2-3H2,1H3. The smallest absolute Gasteiger partial charge is 0.137 e. The molecule has 1 aromatic heterocycles.